The van der Waals surface area contributed by atoms with Gasteiger partial charge in [-0.15, -0.1) is 0 Å². The average Bonchev–Trinajstić information content (AvgIpc) is 3.46. The summed E-state index contributed by atoms with van der Waals surface area (Å²) in [6, 6.07) is 6.20. The van der Waals surface area contributed by atoms with Crippen LogP contribution in [0.5, 0.6) is 0 Å². The van der Waals surface area contributed by atoms with Gasteiger partial charge in [0.2, 0.25) is 5.95 Å². The Balaban J connectivity index is 1.50. The summed E-state index contributed by atoms with van der Waals surface area (Å²) in [6.45, 7) is 12.4. The Bertz CT molecular complexity index is 1070. The summed E-state index contributed by atoms with van der Waals surface area (Å²) in [7, 11) is 0. The van der Waals surface area contributed by atoms with Gasteiger partial charge < -0.3 is 19.5 Å². The summed E-state index contributed by atoms with van der Waals surface area (Å²) in [5.74, 6) is 0.380. The molecule has 35 heavy (non-hydrogen) atoms. The Morgan fingerprint density at radius 1 is 1.29 bits per heavy atom. The van der Waals surface area contributed by atoms with E-state index in [1.54, 1.807) is 24.4 Å². The lowest BCUT2D eigenvalue weighted by atomic mass is 10.0. The summed E-state index contributed by atoms with van der Waals surface area (Å²) in [5, 5.41) is 3.16. The maximum absolute atomic E-state index is 15.0. The highest BCUT2D eigenvalue weighted by Gasteiger charge is 2.45. The van der Waals surface area contributed by atoms with E-state index in [2.05, 4.69) is 15.3 Å². The minimum Gasteiger partial charge on any atom is -0.447 e. The lowest BCUT2D eigenvalue weighted by Gasteiger charge is -2.31. The van der Waals surface area contributed by atoms with E-state index >= 15 is 4.39 Å². The lowest BCUT2D eigenvalue weighted by Crippen LogP contribution is -2.45. The zero-order valence-electron chi connectivity index (χ0n) is 21.3. The Morgan fingerprint density at radius 2 is 2.03 bits per heavy atom. The maximum atomic E-state index is 15.0. The van der Waals surface area contributed by atoms with Gasteiger partial charge in [0.1, 0.15) is 24.3 Å². The summed E-state index contributed by atoms with van der Waals surface area (Å²) >= 11 is 0. The molecule has 2 aromatic rings. The zero-order valence-corrected chi connectivity index (χ0v) is 21.3. The van der Waals surface area contributed by atoms with E-state index in [1.165, 1.54) is 4.90 Å². The van der Waals surface area contributed by atoms with Crippen molar-refractivity contribution in [3.8, 4) is 0 Å². The van der Waals surface area contributed by atoms with Crippen molar-refractivity contribution in [2.45, 2.75) is 83.8 Å². The fraction of sp³-hybridized carbons (Fsp3) is 0.577. The van der Waals surface area contributed by atoms with Crippen molar-refractivity contribution in [2.75, 3.05) is 23.4 Å². The van der Waals surface area contributed by atoms with Crippen LogP contribution in [0.25, 0.3) is 0 Å². The predicted octanol–water partition coefficient (Wildman–Crippen LogP) is 5.34. The number of carbonyl (C=O) groups is 1. The van der Waals surface area contributed by atoms with Gasteiger partial charge in [-0.1, -0.05) is 12.1 Å². The fourth-order valence-electron chi connectivity index (χ4n) is 4.57. The zero-order chi connectivity index (χ0) is 25.4. The highest BCUT2D eigenvalue weighted by atomic mass is 19.1. The van der Waals surface area contributed by atoms with Crippen LogP contribution in [0.2, 0.25) is 0 Å². The molecule has 0 radical (unpaired) electrons. The van der Waals surface area contributed by atoms with Crippen LogP contribution in [0.1, 0.15) is 71.6 Å². The molecule has 2 heterocycles. The quantitative estimate of drug-likeness (QED) is 0.512. The molecular formula is C26H35FN4O4. The third-order valence-electron chi connectivity index (χ3n) is 6.34. The Labute approximate surface area is 206 Å². The van der Waals surface area contributed by atoms with Crippen molar-refractivity contribution in [3.63, 3.8) is 0 Å². The number of cyclic esters (lactones) is 1. The molecule has 1 amide bonds. The van der Waals surface area contributed by atoms with Crippen LogP contribution in [0.4, 0.5) is 21.0 Å². The fourth-order valence-corrected chi connectivity index (χ4v) is 4.57. The van der Waals surface area contributed by atoms with E-state index in [9.17, 15) is 4.79 Å². The lowest BCUT2D eigenvalue weighted by molar-refractivity contribution is -0.0618. The number of amides is 1. The number of ether oxygens (including phenoxy) is 3. The molecule has 3 atom stereocenters. The number of nitrogens with one attached hydrogen (secondary N) is 1. The smallest absolute Gasteiger partial charge is 0.416 e. The molecule has 1 unspecified atom stereocenters. The molecule has 190 valence electrons. The van der Waals surface area contributed by atoms with Crippen molar-refractivity contribution in [3.05, 3.63) is 47.4 Å². The topological polar surface area (TPSA) is 85.8 Å². The Morgan fingerprint density at radius 3 is 2.66 bits per heavy atom. The number of benzene rings is 1. The van der Waals surface area contributed by atoms with E-state index in [-0.39, 0.29) is 41.7 Å². The van der Waals surface area contributed by atoms with Crippen molar-refractivity contribution < 1.29 is 23.4 Å². The third-order valence-corrected chi connectivity index (χ3v) is 6.34. The number of hydrogen-bond donors (Lipinski definition) is 1. The summed E-state index contributed by atoms with van der Waals surface area (Å²) in [6.07, 6.45) is 2.63. The number of nitrogens with zero attached hydrogens (tertiary/aromatic N) is 3. The van der Waals surface area contributed by atoms with E-state index in [1.807, 2.05) is 47.6 Å². The van der Waals surface area contributed by atoms with E-state index in [0.29, 0.717) is 18.0 Å². The molecule has 8 nitrogen and oxygen atoms in total. The molecule has 0 bridgehead atoms. The van der Waals surface area contributed by atoms with Crippen molar-refractivity contribution in [2.24, 2.45) is 0 Å². The van der Waals surface area contributed by atoms with Crippen LogP contribution in [0, 0.1) is 5.82 Å². The van der Waals surface area contributed by atoms with Gasteiger partial charge in [-0.3, -0.25) is 4.90 Å². The van der Waals surface area contributed by atoms with Crippen LogP contribution in [0.3, 0.4) is 0 Å². The second kappa shape index (κ2) is 9.70. The van der Waals surface area contributed by atoms with Crippen molar-refractivity contribution >= 4 is 17.9 Å². The average molecular weight is 487 g/mol. The normalized spacial score (nSPS) is 20.9. The second-order valence-corrected chi connectivity index (χ2v) is 10.2. The first-order valence-corrected chi connectivity index (χ1v) is 12.2. The third kappa shape index (κ3) is 5.56. The highest BCUT2D eigenvalue weighted by molar-refractivity contribution is 5.89. The van der Waals surface area contributed by atoms with E-state index < -0.39 is 12.1 Å². The molecule has 1 saturated carbocycles. The first-order chi connectivity index (χ1) is 16.5. The largest absolute Gasteiger partial charge is 0.447 e. The number of rotatable bonds is 9. The van der Waals surface area contributed by atoms with Crippen LogP contribution in [-0.4, -0.2) is 47.0 Å². The number of halogens is 1. The molecule has 1 aromatic carbocycles. The highest BCUT2D eigenvalue weighted by Crippen LogP contribution is 2.49. The van der Waals surface area contributed by atoms with Gasteiger partial charge in [-0.2, -0.15) is 4.98 Å². The number of aromatic nitrogens is 2. The maximum Gasteiger partial charge on any atom is 0.416 e. The molecule has 2 fully saturated rings. The molecule has 9 heteroatoms. The summed E-state index contributed by atoms with van der Waals surface area (Å²) in [5.41, 5.74) is 0.667. The van der Waals surface area contributed by atoms with Gasteiger partial charge in [0, 0.05) is 18.4 Å². The Hall–Kier alpha value is -2.78. The number of anilines is 2. The molecular weight excluding hydrogens is 451 g/mol. The Kier molecular flexibility index (Phi) is 7.02. The first-order valence-electron chi connectivity index (χ1n) is 12.2. The number of hydrogen-bond acceptors (Lipinski definition) is 7. The summed E-state index contributed by atoms with van der Waals surface area (Å²) < 4.78 is 32.2. The molecule has 1 N–H and O–H groups in total. The minimum atomic E-state index is -0.484. The number of carbonyl (C=O) groups excluding carboxylic acids is 1. The molecule has 1 aliphatic heterocycles. The minimum absolute atomic E-state index is 0.208. The molecule has 1 saturated heterocycles. The monoisotopic (exact) mass is 486 g/mol. The van der Waals surface area contributed by atoms with E-state index in [4.69, 9.17) is 14.2 Å². The molecule has 1 aromatic heterocycles. The van der Waals surface area contributed by atoms with Crippen LogP contribution in [0.15, 0.2) is 30.5 Å². The van der Waals surface area contributed by atoms with Gasteiger partial charge in [-0.25, -0.2) is 14.2 Å². The van der Waals surface area contributed by atoms with Gasteiger partial charge >= 0.3 is 6.09 Å². The molecule has 1 aliphatic carbocycles. The van der Waals surface area contributed by atoms with E-state index in [0.717, 1.165) is 18.4 Å². The van der Waals surface area contributed by atoms with Crippen LogP contribution in [-0.2, 0) is 19.8 Å². The first kappa shape index (κ1) is 25.3. The van der Waals surface area contributed by atoms with Gasteiger partial charge in [-0.05, 0) is 72.1 Å². The van der Waals surface area contributed by atoms with Crippen LogP contribution >= 0.6 is 0 Å². The summed E-state index contributed by atoms with van der Waals surface area (Å²) in [4.78, 5) is 22.8. The van der Waals surface area contributed by atoms with Gasteiger partial charge in [0.15, 0.2) is 0 Å². The van der Waals surface area contributed by atoms with Crippen molar-refractivity contribution in [1.82, 2.24) is 9.97 Å². The second-order valence-electron chi connectivity index (χ2n) is 10.2. The van der Waals surface area contributed by atoms with Crippen molar-refractivity contribution in [1.29, 1.82) is 0 Å². The molecule has 0 spiro atoms. The SMILES string of the molecule is CCOC1(c2ccc([C@H](C)Nc3nccc(N4C(=O)OCC4[C@@H](C)OC(C)(C)C)n3)c(F)c2)CC1. The van der Waals surface area contributed by atoms with Gasteiger partial charge in [0.25, 0.3) is 0 Å². The molecule has 2 aliphatic rings. The molecule has 4 rings (SSSR count). The van der Waals surface area contributed by atoms with Gasteiger partial charge in [0.05, 0.1) is 23.3 Å². The predicted molar refractivity (Wildman–Crippen MR) is 131 cm³/mol. The standard InChI is InChI=1S/C26H35FN4O4/c1-7-34-26(11-12-26)18-8-9-19(20(27)14-18)16(2)29-23-28-13-10-22(30-23)31-21(15-33-24(31)32)17(3)35-25(4,5)6/h8-10,13-14,16-17,21H,7,11-12,15H2,1-6H3,(H,28,29,30)/t16-,17+,21?/m0/s1. The van der Waals surface area contributed by atoms with Crippen LogP contribution < -0.4 is 10.2 Å².